The minimum Gasteiger partial charge on any atom is -0.506 e. The Kier molecular flexibility index (Phi) is 6.94. The average molecular weight is 374 g/mol. The summed E-state index contributed by atoms with van der Waals surface area (Å²) in [6.45, 7) is 4.23. The van der Waals surface area contributed by atoms with E-state index in [1.807, 2.05) is 6.07 Å². The molecule has 0 spiro atoms. The normalized spacial score (nSPS) is 12.4. The zero-order valence-corrected chi connectivity index (χ0v) is 13.2. The van der Waals surface area contributed by atoms with Gasteiger partial charge in [0, 0.05) is 16.1 Å². The Bertz CT molecular complexity index is 358. The SMILES string of the molecule is CC(C)C[C@H](N)c1c(Br)ccc(Br)c1O.Cl. The number of phenols is 1. The summed E-state index contributed by atoms with van der Waals surface area (Å²) in [6, 6.07) is 3.54. The molecule has 0 fully saturated rings. The number of halogens is 3. The maximum Gasteiger partial charge on any atom is 0.135 e. The molecule has 1 rings (SSSR count). The van der Waals surface area contributed by atoms with Crippen molar-refractivity contribution in [2.45, 2.75) is 26.3 Å². The van der Waals surface area contributed by atoms with Gasteiger partial charge in [-0.3, -0.25) is 0 Å². The van der Waals surface area contributed by atoms with Gasteiger partial charge >= 0.3 is 0 Å². The van der Waals surface area contributed by atoms with Gasteiger partial charge < -0.3 is 10.8 Å². The van der Waals surface area contributed by atoms with Crippen molar-refractivity contribution in [3.05, 3.63) is 26.6 Å². The van der Waals surface area contributed by atoms with Crippen LogP contribution in [-0.4, -0.2) is 5.11 Å². The summed E-state index contributed by atoms with van der Waals surface area (Å²) >= 11 is 6.70. The predicted octanol–water partition coefficient (Wildman–Crippen LogP) is 4.38. The quantitative estimate of drug-likeness (QED) is 0.826. The van der Waals surface area contributed by atoms with E-state index >= 15 is 0 Å². The van der Waals surface area contributed by atoms with Crippen molar-refractivity contribution in [1.82, 2.24) is 0 Å². The lowest BCUT2D eigenvalue weighted by molar-refractivity contribution is 0.441. The number of phenolic OH excluding ortho intramolecular Hbond substituents is 1. The van der Waals surface area contributed by atoms with Crippen LogP contribution in [0.2, 0.25) is 0 Å². The van der Waals surface area contributed by atoms with Crippen LogP contribution >= 0.6 is 44.3 Å². The fraction of sp³-hybridized carbons (Fsp3) is 0.455. The first kappa shape index (κ1) is 16.2. The largest absolute Gasteiger partial charge is 0.506 e. The van der Waals surface area contributed by atoms with Gasteiger partial charge in [-0.15, -0.1) is 12.4 Å². The standard InChI is InChI=1S/C11H15Br2NO.ClH/c1-6(2)5-9(14)10-7(12)3-4-8(13)11(10)15;/h3-4,6,9,15H,5,14H2,1-2H3;1H/t9-;/m0./s1. The molecule has 0 saturated carbocycles. The first-order chi connectivity index (χ1) is 6.93. The van der Waals surface area contributed by atoms with Gasteiger partial charge in [0.25, 0.3) is 0 Å². The third-order valence-electron chi connectivity index (χ3n) is 2.21. The number of aromatic hydroxyl groups is 1. The second kappa shape index (κ2) is 6.84. The number of benzene rings is 1. The van der Waals surface area contributed by atoms with Gasteiger partial charge in [-0.2, -0.15) is 0 Å². The third-order valence-corrected chi connectivity index (χ3v) is 3.54. The second-order valence-electron chi connectivity index (χ2n) is 4.03. The third kappa shape index (κ3) is 3.91. The monoisotopic (exact) mass is 371 g/mol. The van der Waals surface area contributed by atoms with Gasteiger partial charge in [0.05, 0.1) is 4.47 Å². The molecule has 0 aliphatic carbocycles. The lowest BCUT2D eigenvalue weighted by atomic mass is 9.97. The van der Waals surface area contributed by atoms with E-state index in [2.05, 4.69) is 45.7 Å². The van der Waals surface area contributed by atoms with Crippen molar-refractivity contribution >= 4 is 44.3 Å². The van der Waals surface area contributed by atoms with Crippen LogP contribution in [0.4, 0.5) is 0 Å². The topological polar surface area (TPSA) is 46.2 Å². The lowest BCUT2D eigenvalue weighted by Gasteiger charge is -2.18. The van der Waals surface area contributed by atoms with Crippen molar-refractivity contribution in [1.29, 1.82) is 0 Å². The van der Waals surface area contributed by atoms with E-state index in [0.717, 1.165) is 16.5 Å². The van der Waals surface area contributed by atoms with Crippen LogP contribution in [-0.2, 0) is 0 Å². The molecule has 1 atom stereocenters. The van der Waals surface area contributed by atoms with E-state index in [4.69, 9.17) is 5.73 Å². The zero-order valence-electron chi connectivity index (χ0n) is 9.21. The van der Waals surface area contributed by atoms with Crippen molar-refractivity contribution in [2.24, 2.45) is 11.7 Å². The molecule has 2 nitrogen and oxygen atoms in total. The Hall–Kier alpha value is 0.230. The molecule has 0 amide bonds. The van der Waals surface area contributed by atoms with E-state index in [0.29, 0.717) is 10.4 Å². The Morgan fingerprint density at radius 1 is 1.25 bits per heavy atom. The van der Waals surface area contributed by atoms with E-state index in [-0.39, 0.29) is 24.2 Å². The van der Waals surface area contributed by atoms with Gasteiger partial charge in [-0.25, -0.2) is 0 Å². The van der Waals surface area contributed by atoms with E-state index < -0.39 is 0 Å². The van der Waals surface area contributed by atoms with Crippen LogP contribution in [0.15, 0.2) is 21.1 Å². The van der Waals surface area contributed by atoms with Gasteiger partial charge in [-0.1, -0.05) is 29.8 Å². The molecule has 1 aromatic carbocycles. The fourth-order valence-electron chi connectivity index (χ4n) is 1.54. The van der Waals surface area contributed by atoms with Crippen LogP contribution in [0, 0.1) is 5.92 Å². The van der Waals surface area contributed by atoms with Crippen LogP contribution in [0.1, 0.15) is 31.9 Å². The van der Waals surface area contributed by atoms with Gasteiger partial charge in [-0.05, 0) is 40.4 Å². The zero-order chi connectivity index (χ0) is 11.6. The summed E-state index contributed by atoms with van der Waals surface area (Å²) < 4.78 is 1.54. The van der Waals surface area contributed by atoms with Crippen LogP contribution in [0.5, 0.6) is 5.75 Å². The highest BCUT2D eigenvalue weighted by atomic mass is 79.9. The molecule has 0 bridgehead atoms. The van der Waals surface area contributed by atoms with Gasteiger partial charge in [0.2, 0.25) is 0 Å². The first-order valence-corrected chi connectivity index (χ1v) is 6.44. The maximum atomic E-state index is 9.90. The molecule has 92 valence electrons. The van der Waals surface area contributed by atoms with Crippen LogP contribution in [0.3, 0.4) is 0 Å². The van der Waals surface area contributed by atoms with E-state index in [1.165, 1.54) is 0 Å². The van der Waals surface area contributed by atoms with Crippen molar-refractivity contribution in [2.75, 3.05) is 0 Å². The van der Waals surface area contributed by atoms with Crippen molar-refractivity contribution in [3.63, 3.8) is 0 Å². The number of rotatable bonds is 3. The average Bonchev–Trinajstić information content (AvgIpc) is 2.11. The molecule has 0 heterocycles. The number of hydrogen-bond donors (Lipinski definition) is 2. The molecule has 16 heavy (non-hydrogen) atoms. The number of hydrogen-bond acceptors (Lipinski definition) is 2. The van der Waals surface area contributed by atoms with Crippen LogP contribution < -0.4 is 5.73 Å². The fourth-order valence-corrected chi connectivity index (χ4v) is 2.49. The minimum atomic E-state index is -0.142. The molecule has 0 aliphatic heterocycles. The van der Waals surface area contributed by atoms with E-state index in [1.54, 1.807) is 6.07 Å². The molecule has 0 radical (unpaired) electrons. The molecule has 3 N–H and O–H groups in total. The molecular formula is C11H16Br2ClNO. The molecule has 0 aromatic heterocycles. The second-order valence-corrected chi connectivity index (χ2v) is 5.74. The Morgan fingerprint density at radius 3 is 2.25 bits per heavy atom. The molecule has 0 unspecified atom stereocenters. The van der Waals surface area contributed by atoms with Crippen LogP contribution in [0.25, 0.3) is 0 Å². The first-order valence-electron chi connectivity index (χ1n) is 4.86. The summed E-state index contributed by atoms with van der Waals surface area (Å²) in [5.41, 5.74) is 6.83. The number of nitrogens with two attached hydrogens (primary N) is 1. The predicted molar refractivity (Wildman–Crippen MR) is 77.1 cm³/mol. The summed E-state index contributed by atoms with van der Waals surface area (Å²) in [4.78, 5) is 0. The highest BCUT2D eigenvalue weighted by Gasteiger charge is 2.17. The molecule has 0 saturated heterocycles. The van der Waals surface area contributed by atoms with Gasteiger partial charge in [0.15, 0.2) is 0 Å². The maximum absolute atomic E-state index is 9.90. The van der Waals surface area contributed by atoms with Crippen molar-refractivity contribution < 1.29 is 5.11 Å². The lowest BCUT2D eigenvalue weighted by Crippen LogP contribution is -2.13. The molecule has 5 heteroatoms. The highest BCUT2D eigenvalue weighted by molar-refractivity contribution is 9.11. The smallest absolute Gasteiger partial charge is 0.135 e. The van der Waals surface area contributed by atoms with Gasteiger partial charge in [0.1, 0.15) is 5.75 Å². The Morgan fingerprint density at radius 2 is 1.75 bits per heavy atom. The minimum absolute atomic E-state index is 0. The summed E-state index contributed by atoms with van der Waals surface area (Å²) in [7, 11) is 0. The summed E-state index contributed by atoms with van der Waals surface area (Å²) in [6.07, 6.45) is 0.850. The molecular weight excluding hydrogens is 357 g/mol. The van der Waals surface area contributed by atoms with Crippen molar-refractivity contribution in [3.8, 4) is 5.75 Å². The Labute approximate surface area is 119 Å². The summed E-state index contributed by atoms with van der Waals surface area (Å²) in [5, 5.41) is 9.90. The van der Waals surface area contributed by atoms with E-state index in [9.17, 15) is 5.11 Å². The molecule has 0 aliphatic rings. The highest BCUT2D eigenvalue weighted by Crippen LogP contribution is 2.38. The Balaban J connectivity index is 0.00000225. The molecule has 1 aromatic rings. The summed E-state index contributed by atoms with van der Waals surface area (Å²) in [5.74, 6) is 0.739.